The lowest BCUT2D eigenvalue weighted by Crippen LogP contribution is -2.49. The van der Waals surface area contributed by atoms with Gasteiger partial charge in [0.1, 0.15) is 11.5 Å². The lowest BCUT2D eigenvalue weighted by Gasteiger charge is -2.33. The largest absolute Gasteiger partial charge is 0.497 e. The van der Waals surface area contributed by atoms with Gasteiger partial charge < -0.3 is 19.7 Å². The molecule has 1 saturated heterocycles. The maximum atomic E-state index is 12.6. The van der Waals surface area contributed by atoms with Crippen molar-refractivity contribution in [1.29, 1.82) is 0 Å². The van der Waals surface area contributed by atoms with Gasteiger partial charge in [-0.05, 0) is 24.6 Å². The zero-order chi connectivity index (χ0) is 22.3. The molecule has 1 aromatic heterocycles. The highest BCUT2D eigenvalue weighted by molar-refractivity contribution is 7.89. The summed E-state index contributed by atoms with van der Waals surface area (Å²) >= 11 is 0. The van der Waals surface area contributed by atoms with Crippen molar-refractivity contribution in [1.82, 2.24) is 19.6 Å². The number of hydrogen-bond donors (Lipinski definition) is 1. The fraction of sp³-hybridized carbons (Fsp3) is 0.450. The maximum Gasteiger partial charge on any atom is 0.251 e. The molecule has 2 heterocycles. The molecule has 0 unspecified atom stereocenters. The zero-order valence-electron chi connectivity index (χ0n) is 17.7. The van der Waals surface area contributed by atoms with Crippen molar-refractivity contribution in [2.45, 2.75) is 6.42 Å². The predicted molar refractivity (Wildman–Crippen MR) is 116 cm³/mol. The van der Waals surface area contributed by atoms with Gasteiger partial charge in [-0.1, -0.05) is 0 Å². The number of carbonyl (C=O) groups excluding carboxylic acids is 1. The molecule has 10 nitrogen and oxygen atoms in total. The first-order chi connectivity index (χ1) is 14.9. The van der Waals surface area contributed by atoms with E-state index < -0.39 is 10.0 Å². The topological polar surface area (TPSA) is 114 Å². The molecule has 3 rings (SSSR count). The van der Waals surface area contributed by atoms with Crippen molar-refractivity contribution in [2.24, 2.45) is 0 Å². The maximum absolute atomic E-state index is 12.6. The van der Waals surface area contributed by atoms with Gasteiger partial charge in [0.15, 0.2) is 0 Å². The van der Waals surface area contributed by atoms with Crippen LogP contribution in [0.2, 0.25) is 0 Å². The smallest absolute Gasteiger partial charge is 0.251 e. The van der Waals surface area contributed by atoms with Gasteiger partial charge in [0.2, 0.25) is 16.0 Å². The van der Waals surface area contributed by atoms with E-state index in [0.29, 0.717) is 55.6 Å². The Morgan fingerprint density at radius 3 is 2.23 bits per heavy atom. The highest BCUT2D eigenvalue weighted by atomic mass is 32.2. The van der Waals surface area contributed by atoms with Crippen molar-refractivity contribution in [2.75, 3.05) is 57.6 Å². The zero-order valence-corrected chi connectivity index (χ0v) is 18.5. The summed E-state index contributed by atoms with van der Waals surface area (Å²) < 4.78 is 37.1. The van der Waals surface area contributed by atoms with Crippen LogP contribution in [0.3, 0.4) is 0 Å². The molecule has 1 aliphatic rings. The van der Waals surface area contributed by atoms with Crippen LogP contribution in [0.4, 0.5) is 5.95 Å². The molecule has 168 valence electrons. The lowest BCUT2D eigenvalue weighted by atomic mass is 10.2. The number of nitrogens with zero attached hydrogens (tertiary/aromatic N) is 4. The van der Waals surface area contributed by atoms with Gasteiger partial charge >= 0.3 is 0 Å². The molecule has 31 heavy (non-hydrogen) atoms. The number of piperazine rings is 1. The van der Waals surface area contributed by atoms with E-state index in [-0.39, 0.29) is 18.2 Å². The van der Waals surface area contributed by atoms with Crippen LogP contribution in [0.1, 0.15) is 16.8 Å². The monoisotopic (exact) mass is 449 g/mol. The number of carbonyl (C=O) groups is 1. The van der Waals surface area contributed by atoms with E-state index >= 15 is 0 Å². The van der Waals surface area contributed by atoms with Crippen molar-refractivity contribution in [3.63, 3.8) is 0 Å². The quantitative estimate of drug-likeness (QED) is 0.559. The molecule has 0 aliphatic carbocycles. The first-order valence-corrected chi connectivity index (χ1v) is 11.5. The summed E-state index contributed by atoms with van der Waals surface area (Å²) in [7, 11) is -0.382. The minimum atomic E-state index is -3.40. The summed E-state index contributed by atoms with van der Waals surface area (Å²) in [5, 5.41) is 2.75. The Morgan fingerprint density at radius 2 is 1.65 bits per heavy atom. The van der Waals surface area contributed by atoms with E-state index in [1.807, 2.05) is 4.90 Å². The average Bonchev–Trinajstić information content (AvgIpc) is 2.82. The van der Waals surface area contributed by atoms with Crippen LogP contribution >= 0.6 is 0 Å². The molecule has 0 radical (unpaired) electrons. The molecular weight excluding hydrogens is 422 g/mol. The molecule has 1 fully saturated rings. The fourth-order valence-electron chi connectivity index (χ4n) is 3.25. The Hall–Kier alpha value is -2.92. The highest BCUT2D eigenvalue weighted by Crippen LogP contribution is 2.22. The van der Waals surface area contributed by atoms with E-state index in [2.05, 4.69) is 15.3 Å². The summed E-state index contributed by atoms with van der Waals surface area (Å²) in [6.07, 6.45) is 3.65. The minimum absolute atomic E-state index is 0.0312. The second-order valence-corrected chi connectivity index (χ2v) is 9.05. The lowest BCUT2D eigenvalue weighted by molar-refractivity contribution is 0.0953. The summed E-state index contributed by atoms with van der Waals surface area (Å²) in [6.45, 7) is 2.10. The number of rotatable bonds is 9. The van der Waals surface area contributed by atoms with E-state index in [4.69, 9.17) is 9.47 Å². The van der Waals surface area contributed by atoms with E-state index in [0.717, 1.165) is 0 Å². The summed E-state index contributed by atoms with van der Waals surface area (Å²) in [6, 6.07) is 6.62. The van der Waals surface area contributed by atoms with Gasteiger partial charge in [0.05, 0.1) is 20.0 Å². The number of anilines is 1. The molecule has 0 spiro atoms. The number of methoxy groups -OCH3 is 2. The highest BCUT2D eigenvalue weighted by Gasteiger charge is 2.27. The number of benzene rings is 1. The van der Waals surface area contributed by atoms with Crippen LogP contribution in [0.5, 0.6) is 11.5 Å². The Labute approximate surface area is 182 Å². The van der Waals surface area contributed by atoms with Crippen LogP contribution in [-0.2, 0) is 10.0 Å². The van der Waals surface area contributed by atoms with Crippen LogP contribution in [-0.4, -0.2) is 81.3 Å². The van der Waals surface area contributed by atoms with Gasteiger partial charge in [-0.25, -0.2) is 18.4 Å². The number of ether oxygens (including phenoxy) is 2. The Bertz CT molecular complexity index is 956. The Kier molecular flexibility index (Phi) is 7.64. The number of aromatic nitrogens is 2. The molecule has 2 aromatic rings. The van der Waals surface area contributed by atoms with Crippen LogP contribution in [0.15, 0.2) is 36.7 Å². The third kappa shape index (κ3) is 6.05. The van der Waals surface area contributed by atoms with Gasteiger partial charge in [0.25, 0.3) is 5.91 Å². The SMILES string of the molecule is COc1cc(OC)cc(C(=O)NCCCS(=O)(=O)N2CCN(c3ncccn3)CC2)c1. The van der Waals surface area contributed by atoms with Crippen LogP contribution < -0.4 is 19.7 Å². The second-order valence-electron chi connectivity index (χ2n) is 6.96. The normalized spacial score (nSPS) is 14.8. The first-order valence-electron chi connectivity index (χ1n) is 9.94. The third-order valence-electron chi connectivity index (χ3n) is 4.95. The molecule has 0 atom stereocenters. The molecule has 1 aromatic carbocycles. The van der Waals surface area contributed by atoms with Crippen molar-refractivity contribution < 1.29 is 22.7 Å². The number of sulfonamides is 1. The van der Waals surface area contributed by atoms with Gasteiger partial charge in [-0.3, -0.25) is 4.79 Å². The van der Waals surface area contributed by atoms with Crippen molar-refractivity contribution in [3.8, 4) is 11.5 Å². The Morgan fingerprint density at radius 1 is 1.03 bits per heavy atom. The first kappa shape index (κ1) is 22.8. The summed E-state index contributed by atoms with van der Waals surface area (Å²) in [5.41, 5.74) is 0.387. The number of amides is 1. The number of hydrogen-bond acceptors (Lipinski definition) is 8. The van der Waals surface area contributed by atoms with E-state index in [1.54, 1.807) is 36.7 Å². The van der Waals surface area contributed by atoms with Crippen molar-refractivity contribution >= 4 is 21.9 Å². The van der Waals surface area contributed by atoms with Crippen molar-refractivity contribution in [3.05, 3.63) is 42.2 Å². The standard InChI is InChI=1S/C20H27N5O5S/c1-29-17-13-16(14-18(15-17)30-2)19(26)21-7-4-12-31(27,28)25-10-8-24(9-11-25)20-22-5-3-6-23-20/h3,5-6,13-15H,4,7-12H2,1-2H3,(H,21,26). The molecule has 0 bridgehead atoms. The predicted octanol–water partition coefficient (Wildman–Crippen LogP) is 0.766. The molecule has 11 heteroatoms. The van der Waals surface area contributed by atoms with Gasteiger partial charge in [-0.15, -0.1) is 0 Å². The third-order valence-corrected chi connectivity index (χ3v) is 6.90. The van der Waals surface area contributed by atoms with E-state index in [9.17, 15) is 13.2 Å². The second kappa shape index (κ2) is 10.4. The molecule has 1 aliphatic heterocycles. The summed E-state index contributed by atoms with van der Waals surface area (Å²) in [5.74, 6) is 1.28. The number of nitrogens with one attached hydrogen (secondary N) is 1. The molecule has 1 amide bonds. The molecular formula is C20H27N5O5S. The summed E-state index contributed by atoms with van der Waals surface area (Å²) in [4.78, 5) is 22.8. The minimum Gasteiger partial charge on any atom is -0.497 e. The van der Waals surface area contributed by atoms with Gasteiger partial charge in [0, 0.05) is 56.7 Å². The average molecular weight is 450 g/mol. The Balaban J connectivity index is 1.45. The molecule has 1 N–H and O–H groups in total. The van der Waals surface area contributed by atoms with Crippen LogP contribution in [0.25, 0.3) is 0 Å². The molecule has 0 saturated carbocycles. The fourth-order valence-corrected chi connectivity index (χ4v) is 4.73. The van der Waals surface area contributed by atoms with E-state index in [1.165, 1.54) is 18.5 Å². The van der Waals surface area contributed by atoms with Gasteiger partial charge in [-0.2, -0.15) is 4.31 Å². The van der Waals surface area contributed by atoms with Crippen LogP contribution in [0, 0.1) is 0 Å².